The van der Waals surface area contributed by atoms with Crippen molar-refractivity contribution in [3.63, 3.8) is 0 Å². The van der Waals surface area contributed by atoms with Crippen molar-refractivity contribution in [2.24, 2.45) is 0 Å². The zero-order valence-electron chi connectivity index (χ0n) is 15.1. The van der Waals surface area contributed by atoms with Crippen LogP contribution in [0.15, 0.2) is 72.8 Å². The van der Waals surface area contributed by atoms with Gasteiger partial charge in [0.15, 0.2) is 0 Å². The second-order valence-corrected chi connectivity index (χ2v) is 6.95. The Balaban J connectivity index is 1.82. The SMILES string of the molecule is Oc1ccc(Cc2cc3ccc(O)cc3c(Cc3ccc(O)cc3)c2O)cc1. The first-order valence-corrected chi connectivity index (χ1v) is 9.02. The summed E-state index contributed by atoms with van der Waals surface area (Å²) in [5.41, 5.74) is 3.42. The molecule has 4 N–H and O–H groups in total. The van der Waals surface area contributed by atoms with Crippen molar-refractivity contribution in [3.8, 4) is 23.0 Å². The highest BCUT2D eigenvalue weighted by atomic mass is 16.3. The van der Waals surface area contributed by atoms with E-state index in [2.05, 4.69) is 0 Å². The standard InChI is InChI=1S/C24H20O4/c25-19-6-1-15(2-7-19)11-18-13-17-5-10-21(27)14-22(17)23(24(18)28)12-16-3-8-20(26)9-4-16/h1-10,13-14,25-28H,11-12H2. The highest BCUT2D eigenvalue weighted by molar-refractivity contribution is 5.90. The number of phenols is 4. The molecule has 0 aromatic heterocycles. The number of benzene rings is 4. The molecule has 0 fully saturated rings. The molecule has 0 aliphatic heterocycles. The molecule has 0 aliphatic carbocycles. The van der Waals surface area contributed by atoms with Gasteiger partial charge in [-0.15, -0.1) is 0 Å². The first-order valence-electron chi connectivity index (χ1n) is 9.02. The second-order valence-electron chi connectivity index (χ2n) is 6.95. The van der Waals surface area contributed by atoms with Gasteiger partial charge in [-0.2, -0.15) is 0 Å². The van der Waals surface area contributed by atoms with E-state index in [9.17, 15) is 20.4 Å². The Bertz CT molecular complexity index is 1130. The van der Waals surface area contributed by atoms with Crippen LogP contribution < -0.4 is 0 Å². The van der Waals surface area contributed by atoms with Crippen molar-refractivity contribution in [1.82, 2.24) is 0 Å². The summed E-state index contributed by atoms with van der Waals surface area (Å²) in [6.45, 7) is 0. The van der Waals surface area contributed by atoms with Crippen LogP contribution in [0.1, 0.15) is 22.3 Å². The summed E-state index contributed by atoms with van der Waals surface area (Å²) >= 11 is 0. The lowest BCUT2D eigenvalue weighted by atomic mass is 9.92. The van der Waals surface area contributed by atoms with Gasteiger partial charge in [-0.25, -0.2) is 0 Å². The van der Waals surface area contributed by atoms with Crippen LogP contribution in [0, 0.1) is 0 Å². The predicted octanol–water partition coefficient (Wildman–Crippen LogP) is 4.84. The van der Waals surface area contributed by atoms with Crippen LogP contribution in [-0.2, 0) is 12.8 Å². The van der Waals surface area contributed by atoms with E-state index in [-0.39, 0.29) is 23.0 Å². The Morgan fingerprint density at radius 2 is 1.07 bits per heavy atom. The van der Waals surface area contributed by atoms with Crippen molar-refractivity contribution in [3.05, 3.63) is 95.1 Å². The number of phenolic OH excluding ortho intramolecular Hbond substituents is 4. The third-order valence-electron chi connectivity index (χ3n) is 4.93. The Morgan fingerprint density at radius 3 is 1.68 bits per heavy atom. The van der Waals surface area contributed by atoms with Crippen LogP contribution in [-0.4, -0.2) is 20.4 Å². The monoisotopic (exact) mass is 372 g/mol. The molecule has 0 amide bonds. The third kappa shape index (κ3) is 3.58. The average Bonchev–Trinajstić information content (AvgIpc) is 2.69. The second kappa shape index (κ2) is 7.16. The summed E-state index contributed by atoms with van der Waals surface area (Å²) in [5.74, 6) is 0.732. The van der Waals surface area contributed by atoms with Gasteiger partial charge < -0.3 is 20.4 Å². The van der Waals surface area contributed by atoms with Gasteiger partial charge in [-0.3, -0.25) is 0 Å². The maximum atomic E-state index is 11.0. The molecule has 0 saturated carbocycles. The van der Waals surface area contributed by atoms with Crippen LogP contribution in [0.25, 0.3) is 10.8 Å². The highest BCUT2D eigenvalue weighted by Crippen LogP contribution is 2.36. The summed E-state index contributed by atoms with van der Waals surface area (Å²) in [6.07, 6.45) is 0.987. The topological polar surface area (TPSA) is 80.9 Å². The number of aromatic hydroxyl groups is 4. The normalized spacial score (nSPS) is 11.0. The minimum absolute atomic E-state index is 0.144. The molecule has 28 heavy (non-hydrogen) atoms. The minimum Gasteiger partial charge on any atom is -0.508 e. The Kier molecular flexibility index (Phi) is 4.53. The van der Waals surface area contributed by atoms with Crippen molar-refractivity contribution in [2.45, 2.75) is 12.8 Å². The summed E-state index contributed by atoms with van der Waals surface area (Å²) in [6, 6.07) is 20.8. The molecule has 0 heterocycles. The first kappa shape index (κ1) is 17.7. The highest BCUT2D eigenvalue weighted by Gasteiger charge is 2.15. The lowest BCUT2D eigenvalue weighted by molar-refractivity contribution is 0.464. The number of fused-ring (bicyclic) bond motifs is 1. The van der Waals surface area contributed by atoms with Gasteiger partial charge in [0, 0.05) is 18.4 Å². The fourth-order valence-electron chi connectivity index (χ4n) is 3.47. The molecule has 0 bridgehead atoms. The van der Waals surface area contributed by atoms with Crippen molar-refractivity contribution < 1.29 is 20.4 Å². The van der Waals surface area contributed by atoms with Crippen LogP contribution in [0.2, 0.25) is 0 Å². The smallest absolute Gasteiger partial charge is 0.123 e. The van der Waals surface area contributed by atoms with E-state index < -0.39 is 0 Å². The van der Waals surface area contributed by atoms with Crippen LogP contribution in [0.5, 0.6) is 23.0 Å². The fourth-order valence-corrected chi connectivity index (χ4v) is 3.47. The summed E-state index contributed by atoms with van der Waals surface area (Å²) in [7, 11) is 0. The molecular formula is C24H20O4. The van der Waals surface area contributed by atoms with Crippen molar-refractivity contribution >= 4 is 10.8 Å². The van der Waals surface area contributed by atoms with Crippen molar-refractivity contribution in [2.75, 3.05) is 0 Å². The van der Waals surface area contributed by atoms with E-state index in [1.165, 1.54) is 0 Å². The maximum Gasteiger partial charge on any atom is 0.123 e. The van der Waals surface area contributed by atoms with Crippen LogP contribution >= 0.6 is 0 Å². The maximum absolute atomic E-state index is 11.0. The quantitative estimate of drug-likeness (QED) is 0.413. The Hall–Kier alpha value is -3.66. The molecule has 4 aromatic rings. The molecule has 4 heteroatoms. The summed E-state index contributed by atoms with van der Waals surface area (Å²) in [4.78, 5) is 0. The van der Waals surface area contributed by atoms with Crippen LogP contribution in [0.3, 0.4) is 0 Å². The molecular weight excluding hydrogens is 352 g/mol. The van der Waals surface area contributed by atoms with Gasteiger partial charge in [-0.1, -0.05) is 30.3 Å². The van der Waals surface area contributed by atoms with Gasteiger partial charge >= 0.3 is 0 Å². The molecule has 4 rings (SSSR count). The largest absolute Gasteiger partial charge is 0.508 e. The lowest BCUT2D eigenvalue weighted by Crippen LogP contribution is -1.97. The number of hydrogen-bond donors (Lipinski definition) is 4. The zero-order valence-corrected chi connectivity index (χ0v) is 15.1. The van der Waals surface area contributed by atoms with E-state index in [0.717, 1.165) is 33.0 Å². The third-order valence-corrected chi connectivity index (χ3v) is 4.93. The number of rotatable bonds is 4. The average molecular weight is 372 g/mol. The minimum atomic E-state index is 0.144. The Labute approximate surface area is 162 Å². The van der Waals surface area contributed by atoms with E-state index in [4.69, 9.17) is 0 Å². The van der Waals surface area contributed by atoms with E-state index in [0.29, 0.717) is 12.8 Å². The van der Waals surface area contributed by atoms with Crippen LogP contribution in [0.4, 0.5) is 0 Å². The molecule has 0 radical (unpaired) electrons. The molecule has 140 valence electrons. The summed E-state index contributed by atoms with van der Waals surface area (Å²) in [5, 5.41) is 41.7. The molecule has 0 aliphatic rings. The Morgan fingerprint density at radius 1 is 0.536 bits per heavy atom. The van der Waals surface area contributed by atoms with Gasteiger partial charge in [0.2, 0.25) is 0 Å². The van der Waals surface area contributed by atoms with E-state index in [1.807, 2.05) is 36.4 Å². The van der Waals surface area contributed by atoms with E-state index >= 15 is 0 Å². The predicted molar refractivity (Wildman–Crippen MR) is 109 cm³/mol. The molecule has 4 nitrogen and oxygen atoms in total. The van der Waals surface area contributed by atoms with Gasteiger partial charge in [0.25, 0.3) is 0 Å². The molecule has 0 unspecified atom stereocenters. The number of hydrogen-bond acceptors (Lipinski definition) is 4. The lowest BCUT2D eigenvalue weighted by Gasteiger charge is -2.15. The van der Waals surface area contributed by atoms with E-state index in [1.54, 1.807) is 36.4 Å². The van der Waals surface area contributed by atoms with Gasteiger partial charge in [0.05, 0.1) is 0 Å². The molecule has 4 aromatic carbocycles. The molecule has 0 spiro atoms. The summed E-state index contributed by atoms with van der Waals surface area (Å²) < 4.78 is 0. The molecule has 0 saturated heterocycles. The fraction of sp³-hybridized carbons (Fsp3) is 0.0833. The van der Waals surface area contributed by atoms with Crippen molar-refractivity contribution in [1.29, 1.82) is 0 Å². The first-order chi connectivity index (χ1) is 13.5. The van der Waals surface area contributed by atoms with Gasteiger partial charge in [0.1, 0.15) is 23.0 Å². The van der Waals surface area contributed by atoms with Gasteiger partial charge in [-0.05, 0) is 69.9 Å². The zero-order chi connectivity index (χ0) is 19.7. The molecule has 0 atom stereocenters.